The summed E-state index contributed by atoms with van der Waals surface area (Å²) in [5, 5.41) is 2.82. The molecule has 108 valence electrons. The molecule has 0 unspecified atom stereocenters. The van der Waals surface area contributed by atoms with Crippen LogP contribution in [0.4, 0.5) is 4.79 Å². The molecule has 0 aromatic carbocycles. The lowest BCUT2D eigenvalue weighted by molar-refractivity contribution is -0.122. The van der Waals surface area contributed by atoms with Gasteiger partial charge in [-0.1, -0.05) is 28.7 Å². The molecule has 5 nitrogen and oxygen atoms in total. The number of ether oxygens (including phenoxy) is 1. The quantitative estimate of drug-likeness (QED) is 0.454. The molecule has 1 aliphatic rings. The van der Waals surface area contributed by atoms with Gasteiger partial charge in [-0.15, -0.1) is 6.58 Å². The van der Waals surface area contributed by atoms with Crippen molar-refractivity contribution in [2.75, 3.05) is 19.6 Å². The highest BCUT2D eigenvalue weighted by molar-refractivity contribution is 14.1. The number of carbonyl (C=O) groups is 2. The van der Waals surface area contributed by atoms with Crippen LogP contribution < -0.4 is 5.32 Å². The highest BCUT2D eigenvalue weighted by atomic mass is 127. The molecule has 2 amide bonds. The van der Waals surface area contributed by atoms with Crippen LogP contribution in [0.3, 0.4) is 0 Å². The van der Waals surface area contributed by atoms with E-state index in [9.17, 15) is 9.59 Å². The maximum atomic E-state index is 12.1. The first-order chi connectivity index (χ1) is 8.68. The standard InChI is InChI=1S/C13H21IN2O3/c1-5-6-13(14)9-16(8-7-15-10(13)17)11(18)19-12(2,3)4/h5H,1,6-9H2,2-4H3,(H,15,17)/t13-/m0/s1. The monoisotopic (exact) mass is 380 g/mol. The van der Waals surface area contributed by atoms with E-state index in [2.05, 4.69) is 34.5 Å². The molecule has 1 heterocycles. The van der Waals surface area contributed by atoms with Gasteiger partial charge in [-0.2, -0.15) is 0 Å². The fourth-order valence-corrected chi connectivity index (χ4v) is 2.70. The largest absolute Gasteiger partial charge is 0.444 e. The molecule has 1 atom stereocenters. The van der Waals surface area contributed by atoms with Crippen molar-refractivity contribution in [3.05, 3.63) is 12.7 Å². The molecule has 0 aromatic heterocycles. The second-order valence-electron chi connectivity index (χ2n) is 5.62. The maximum Gasteiger partial charge on any atom is 0.410 e. The Labute approximate surface area is 127 Å². The first kappa shape index (κ1) is 16.3. The van der Waals surface area contributed by atoms with Gasteiger partial charge >= 0.3 is 6.09 Å². The normalized spacial score (nSPS) is 24.4. The van der Waals surface area contributed by atoms with Crippen LogP contribution in [0, 0.1) is 0 Å². The Morgan fingerprint density at radius 2 is 2.26 bits per heavy atom. The number of allylic oxidation sites excluding steroid dienone is 1. The van der Waals surface area contributed by atoms with Crippen molar-refractivity contribution in [3.8, 4) is 0 Å². The SMILES string of the molecule is C=CC[C@]1(I)CN(C(=O)OC(C)(C)C)CCNC1=O. The highest BCUT2D eigenvalue weighted by Crippen LogP contribution is 2.27. The number of nitrogens with one attached hydrogen (secondary N) is 1. The number of alkyl halides is 1. The summed E-state index contributed by atoms with van der Waals surface area (Å²) >= 11 is 2.09. The molecule has 1 rings (SSSR count). The Hall–Kier alpha value is -0.790. The predicted octanol–water partition coefficient (Wildman–Crippen LogP) is 2.10. The summed E-state index contributed by atoms with van der Waals surface area (Å²) in [6.07, 6.45) is 1.83. The Morgan fingerprint density at radius 1 is 1.63 bits per heavy atom. The van der Waals surface area contributed by atoms with E-state index in [0.29, 0.717) is 26.1 Å². The van der Waals surface area contributed by atoms with Crippen LogP contribution >= 0.6 is 22.6 Å². The van der Waals surface area contributed by atoms with Crippen molar-refractivity contribution < 1.29 is 14.3 Å². The zero-order valence-electron chi connectivity index (χ0n) is 11.7. The van der Waals surface area contributed by atoms with E-state index in [1.165, 1.54) is 0 Å². The van der Waals surface area contributed by atoms with Gasteiger partial charge in [-0.3, -0.25) is 4.79 Å². The van der Waals surface area contributed by atoms with Crippen LogP contribution in [0.1, 0.15) is 27.2 Å². The Bertz CT molecular complexity index is 379. The molecule has 1 aliphatic heterocycles. The zero-order valence-corrected chi connectivity index (χ0v) is 13.8. The summed E-state index contributed by atoms with van der Waals surface area (Å²) in [5.74, 6) is -0.0564. The molecular formula is C13H21IN2O3. The van der Waals surface area contributed by atoms with E-state index in [1.807, 2.05) is 20.8 Å². The second-order valence-corrected chi connectivity index (χ2v) is 7.68. The highest BCUT2D eigenvalue weighted by Gasteiger charge is 2.40. The van der Waals surface area contributed by atoms with Gasteiger partial charge in [0.2, 0.25) is 5.91 Å². The van der Waals surface area contributed by atoms with Crippen LogP contribution in [-0.4, -0.2) is 45.6 Å². The van der Waals surface area contributed by atoms with E-state index >= 15 is 0 Å². The summed E-state index contributed by atoms with van der Waals surface area (Å²) < 4.78 is 4.68. The van der Waals surface area contributed by atoms with Crippen molar-refractivity contribution in [2.45, 2.75) is 36.2 Å². The molecule has 0 spiro atoms. The van der Waals surface area contributed by atoms with Crippen LogP contribution in [0.15, 0.2) is 12.7 Å². The van der Waals surface area contributed by atoms with Crippen molar-refractivity contribution in [3.63, 3.8) is 0 Å². The smallest absolute Gasteiger partial charge is 0.410 e. The van der Waals surface area contributed by atoms with Gasteiger partial charge in [0.05, 0.1) is 0 Å². The third-order valence-corrected chi connectivity index (χ3v) is 3.91. The molecule has 19 heavy (non-hydrogen) atoms. The van der Waals surface area contributed by atoms with Crippen molar-refractivity contribution in [1.29, 1.82) is 0 Å². The van der Waals surface area contributed by atoms with Crippen LogP contribution in [-0.2, 0) is 9.53 Å². The minimum atomic E-state index is -0.674. The van der Waals surface area contributed by atoms with E-state index in [-0.39, 0.29) is 12.0 Å². The molecule has 0 bridgehead atoms. The molecule has 0 aliphatic carbocycles. The zero-order chi connectivity index (χ0) is 14.7. The van der Waals surface area contributed by atoms with Crippen molar-refractivity contribution >= 4 is 34.6 Å². The second kappa shape index (κ2) is 6.11. The number of hydrogen-bond acceptors (Lipinski definition) is 3. The maximum absolute atomic E-state index is 12.1. The molecule has 1 fully saturated rings. The van der Waals surface area contributed by atoms with Crippen LogP contribution in [0.5, 0.6) is 0 Å². The average molecular weight is 380 g/mol. The number of nitrogens with zero attached hydrogens (tertiary/aromatic N) is 1. The molecule has 0 radical (unpaired) electrons. The fourth-order valence-electron chi connectivity index (χ4n) is 1.78. The summed E-state index contributed by atoms with van der Waals surface area (Å²) in [4.78, 5) is 25.7. The molecular weight excluding hydrogens is 359 g/mol. The third-order valence-electron chi connectivity index (χ3n) is 2.64. The van der Waals surface area contributed by atoms with Crippen molar-refractivity contribution in [1.82, 2.24) is 10.2 Å². The van der Waals surface area contributed by atoms with Gasteiger partial charge in [0.15, 0.2) is 0 Å². The summed E-state index contributed by atoms with van der Waals surface area (Å²) in [7, 11) is 0. The van der Waals surface area contributed by atoms with Crippen molar-refractivity contribution in [2.24, 2.45) is 0 Å². The number of carbonyl (C=O) groups excluding carboxylic acids is 2. The Morgan fingerprint density at radius 3 is 2.79 bits per heavy atom. The lowest BCUT2D eigenvalue weighted by atomic mass is 10.0. The lowest BCUT2D eigenvalue weighted by Crippen LogP contribution is -2.47. The molecule has 6 heteroatoms. The van der Waals surface area contributed by atoms with E-state index in [1.54, 1.807) is 11.0 Å². The minimum Gasteiger partial charge on any atom is -0.444 e. The average Bonchev–Trinajstić information content (AvgIpc) is 2.38. The topological polar surface area (TPSA) is 58.6 Å². The molecule has 1 saturated heterocycles. The summed E-state index contributed by atoms with van der Waals surface area (Å²) in [6, 6.07) is 0. The van der Waals surface area contributed by atoms with E-state index in [4.69, 9.17) is 4.74 Å². The summed E-state index contributed by atoms with van der Waals surface area (Å²) in [6.45, 7) is 10.4. The Kier molecular flexibility index (Phi) is 5.23. The molecule has 1 N–H and O–H groups in total. The van der Waals surface area contributed by atoms with Crippen LogP contribution in [0.25, 0.3) is 0 Å². The summed E-state index contributed by atoms with van der Waals surface area (Å²) in [5.41, 5.74) is -0.535. The molecule has 0 saturated carbocycles. The van der Waals surface area contributed by atoms with Crippen LogP contribution in [0.2, 0.25) is 0 Å². The first-order valence-electron chi connectivity index (χ1n) is 6.24. The molecule has 0 aromatic rings. The Balaban J connectivity index is 2.82. The van der Waals surface area contributed by atoms with E-state index < -0.39 is 9.02 Å². The van der Waals surface area contributed by atoms with Gasteiger partial charge in [0.1, 0.15) is 9.02 Å². The van der Waals surface area contributed by atoms with Gasteiger partial charge in [-0.25, -0.2) is 4.79 Å². The van der Waals surface area contributed by atoms with E-state index in [0.717, 1.165) is 0 Å². The minimum absolute atomic E-state index is 0.0564. The van der Waals surface area contributed by atoms with Gasteiger partial charge < -0.3 is 15.0 Å². The first-order valence-corrected chi connectivity index (χ1v) is 7.32. The number of halogens is 1. The predicted molar refractivity (Wildman–Crippen MR) is 82.4 cm³/mol. The third kappa shape index (κ3) is 4.67. The number of rotatable bonds is 2. The number of amides is 2. The lowest BCUT2D eigenvalue weighted by Gasteiger charge is -2.30. The van der Waals surface area contributed by atoms with Gasteiger partial charge in [-0.05, 0) is 27.2 Å². The van der Waals surface area contributed by atoms with Gasteiger partial charge in [0.25, 0.3) is 0 Å². The number of hydrogen-bond donors (Lipinski definition) is 1. The fraction of sp³-hybridized carbons (Fsp3) is 0.692. The van der Waals surface area contributed by atoms with Gasteiger partial charge in [0, 0.05) is 19.6 Å².